The van der Waals surface area contributed by atoms with Gasteiger partial charge in [0, 0.05) is 48.8 Å². The second-order valence-corrected chi connectivity index (χ2v) is 7.22. The molecule has 0 spiro atoms. The van der Waals surface area contributed by atoms with E-state index in [0.29, 0.717) is 6.04 Å². The molecular weight excluding hydrogens is 312 g/mol. The van der Waals surface area contributed by atoms with E-state index in [2.05, 4.69) is 33.5 Å². The van der Waals surface area contributed by atoms with E-state index < -0.39 is 0 Å². The number of rotatable bonds is 4. The molecule has 6 heteroatoms. The van der Waals surface area contributed by atoms with Gasteiger partial charge in [0.25, 0.3) is 0 Å². The summed E-state index contributed by atoms with van der Waals surface area (Å²) in [6, 6.07) is 8.44. The molecule has 0 aromatic heterocycles. The Hall–Kier alpha value is -1.46. The largest absolute Gasteiger partial charge is 0.380 e. The fraction of sp³-hybridized carbons (Fsp3) is 0.588. The first-order valence-corrected chi connectivity index (χ1v) is 8.51. The van der Waals surface area contributed by atoms with Gasteiger partial charge in [0.2, 0.25) is 0 Å². The summed E-state index contributed by atoms with van der Waals surface area (Å²) in [4.78, 5) is 6.70. The van der Waals surface area contributed by atoms with E-state index in [-0.39, 0.29) is 5.41 Å². The Morgan fingerprint density at radius 3 is 2.96 bits per heavy atom. The zero-order chi connectivity index (χ0) is 16.3. The van der Waals surface area contributed by atoms with Crippen molar-refractivity contribution in [2.24, 2.45) is 10.4 Å². The first kappa shape index (κ1) is 16.4. The zero-order valence-corrected chi connectivity index (χ0v) is 14.6. The predicted molar refractivity (Wildman–Crippen MR) is 95.5 cm³/mol. The number of nitrogens with one attached hydrogen (secondary N) is 2. The Kier molecular flexibility index (Phi) is 4.97. The van der Waals surface area contributed by atoms with Crippen molar-refractivity contribution >= 4 is 23.2 Å². The summed E-state index contributed by atoms with van der Waals surface area (Å²) >= 11 is 6.09. The maximum absolute atomic E-state index is 6.09. The number of nitrogens with zero attached hydrogens (tertiary/aromatic N) is 2. The van der Waals surface area contributed by atoms with E-state index in [0.717, 1.165) is 50.3 Å². The van der Waals surface area contributed by atoms with Crippen LogP contribution in [0.1, 0.15) is 13.3 Å². The molecule has 0 saturated carbocycles. The molecule has 2 N–H and O–H groups in total. The number of guanidine groups is 1. The molecule has 1 atom stereocenters. The van der Waals surface area contributed by atoms with Crippen LogP contribution in [-0.4, -0.2) is 51.9 Å². The van der Waals surface area contributed by atoms with Gasteiger partial charge in [-0.25, -0.2) is 0 Å². The third-order valence-electron chi connectivity index (χ3n) is 4.51. The molecule has 3 rings (SSSR count). The lowest BCUT2D eigenvalue weighted by molar-refractivity contribution is -0.0971. The molecule has 2 aliphatic heterocycles. The fourth-order valence-corrected chi connectivity index (χ4v) is 3.21. The van der Waals surface area contributed by atoms with Crippen LogP contribution >= 0.6 is 11.6 Å². The molecule has 0 bridgehead atoms. The number of aliphatic imine (C=N–C) groups is 1. The summed E-state index contributed by atoms with van der Waals surface area (Å²) in [7, 11) is 1.82. The van der Waals surface area contributed by atoms with E-state index in [1.807, 2.05) is 25.2 Å². The van der Waals surface area contributed by atoms with Crippen LogP contribution in [0.4, 0.5) is 5.69 Å². The van der Waals surface area contributed by atoms with Gasteiger partial charge in [-0.05, 0) is 24.6 Å². The molecule has 2 saturated heterocycles. The van der Waals surface area contributed by atoms with Crippen LogP contribution in [0.5, 0.6) is 0 Å². The number of benzene rings is 1. The molecule has 1 aromatic carbocycles. The van der Waals surface area contributed by atoms with E-state index in [9.17, 15) is 0 Å². The van der Waals surface area contributed by atoms with Crippen LogP contribution in [-0.2, 0) is 4.74 Å². The van der Waals surface area contributed by atoms with E-state index in [1.165, 1.54) is 5.69 Å². The van der Waals surface area contributed by atoms with Gasteiger partial charge in [-0.1, -0.05) is 24.6 Å². The number of halogens is 1. The summed E-state index contributed by atoms with van der Waals surface area (Å²) in [5, 5.41) is 7.73. The zero-order valence-electron chi connectivity index (χ0n) is 13.8. The summed E-state index contributed by atoms with van der Waals surface area (Å²) in [5.74, 6) is 0.871. The molecular formula is C17H25ClN4O. The molecule has 0 aliphatic carbocycles. The van der Waals surface area contributed by atoms with Crippen LogP contribution in [0.25, 0.3) is 0 Å². The van der Waals surface area contributed by atoms with Crippen molar-refractivity contribution in [3.05, 3.63) is 29.3 Å². The average molecular weight is 337 g/mol. The maximum Gasteiger partial charge on any atom is 0.191 e. The molecule has 2 heterocycles. The van der Waals surface area contributed by atoms with Crippen molar-refractivity contribution in [2.75, 3.05) is 44.8 Å². The van der Waals surface area contributed by atoms with E-state index in [1.54, 1.807) is 0 Å². The Labute approximate surface area is 143 Å². The smallest absolute Gasteiger partial charge is 0.191 e. The normalized spacial score (nSPS) is 23.5. The maximum atomic E-state index is 6.09. The van der Waals surface area contributed by atoms with Crippen molar-refractivity contribution in [3.63, 3.8) is 0 Å². The second kappa shape index (κ2) is 6.97. The predicted octanol–water partition coefficient (Wildman–Crippen LogP) is 2.12. The highest BCUT2D eigenvalue weighted by atomic mass is 35.5. The lowest BCUT2D eigenvalue weighted by Gasteiger charge is -2.38. The van der Waals surface area contributed by atoms with Gasteiger partial charge in [-0.15, -0.1) is 0 Å². The summed E-state index contributed by atoms with van der Waals surface area (Å²) in [5.41, 5.74) is 1.42. The van der Waals surface area contributed by atoms with Gasteiger partial charge >= 0.3 is 0 Å². The van der Waals surface area contributed by atoms with Crippen molar-refractivity contribution < 1.29 is 4.74 Å². The molecule has 1 aromatic rings. The van der Waals surface area contributed by atoms with Crippen LogP contribution < -0.4 is 15.5 Å². The third-order valence-corrected chi connectivity index (χ3v) is 4.74. The molecule has 2 fully saturated rings. The Morgan fingerprint density at radius 2 is 2.30 bits per heavy atom. The minimum atomic E-state index is 0.236. The number of hydrogen-bond donors (Lipinski definition) is 2. The average Bonchev–Trinajstić information content (AvgIpc) is 2.98. The molecule has 0 radical (unpaired) electrons. The highest BCUT2D eigenvalue weighted by Gasteiger charge is 2.33. The topological polar surface area (TPSA) is 48.9 Å². The quantitative estimate of drug-likeness (QED) is 0.653. The number of anilines is 1. The minimum Gasteiger partial charge on any atom is -0.380 e. The van der Waals surface area contributed by atoms with Crippen LogP contribution in [0.15, 0.2) is 29.3 Å². The van der Waals surface area contributed by atoms with Gasteiger partial charge in [0.05, 0.1) is 13.2 Å². The lowest BCUT2D eigenvalue weighted by atomic mass is 9.89. The van der Waals surface area contributed by atoms with Crippen molar-refractivity contribution in [1.29, 1.82) is 0 Å². The Morgan fingerprint density at radius 1 is 1.48 bits per heavy atom. The number of hydrogen-bond acceptors (Lipinski definition) is 3. The van der Waals surface area contributed by atoms with E-state index >= 15 is 0 Å². The van der Waals surface area contributed by atoms with Gasteiger partial charge in [0.15, 0.2) is 5.96 Å². The van der Waals surface area contributed by atoms with Crippen LogP contribution in [0, 0.1) is 5.41 Å². The summed E-state index contributed by atoms with van der Waals surface area (Å²) in [6.07, 6.45) is 1.09. The first-order chi connectivity index (χ1) is 11.1. The van der Waals surface area contributed by atoms with Crippen molar-refractivity contribution in [2.45, 2.75) is 19.4 Å². The SMILES string of the molecule is CN=C(NCC1(C)COC1)NC1CCN(c2cccc(Cl)c2)C1. The van der Waals surface area contributed by atoms with Crippen LogP contribution in [0.2, 0.25) is 5.02 Å². The summed E-state index contributed by atoms with van der Waals surface area (Å²) in [6.45, 7) is 6.75. The Balaban J connectivity index is 1.50. The minimum absolute atomic E-state index is 0.236. The Bertz CT molecular complexity index is 573. The van der Waals surface area contributed by atoms with Crippen molar-refractivity contribution in [1.82, 2.24) is 10.6 Å². The fourth-order valence-electron chi connectivity index (χ4n) is 3.02. The van der Waals surface area contributed by atoms with Crippen molar-refractivity contribution in [3.8, 4) is 0 Å². The molecule has 2 aliphatic rings. The van der Waals surface area contributed by atoms with Gasteiger partial charge < -0.3 is 20.3 Å². The van der Waals surface area contributed by atoms with Gasteiger partial charge in [-0.2, -0.15) is 0 Å². The molecule has 5 nitrogen and oxygen atoms in total. The molecule has 0 amide bonds. The summed E-state index contributed by atoms with van der Waals surface area (Å²) < 4.78 is 5.29. The third kappa shape index (κ3) is 4.09. The standard InChI is InChI=1S/C17H25ClN4O/c1-17(11-23-12-17)10-20-16(19-2)21-14-6-7-22(9-14)15-5-3-4-13(18)8-15/h3-5,8,14H,6-7,9-12H2,1-2H3,(H2,19,20,21). The second-order valence-electron chi connectivity index (χ2n) is 6.79. The molecule has 1 unspecified atom stereocenters. The van der Waals surface area contributed by atoms with Gasteiger partial charge in [-0.3, -0.25) is 4.99 Å². The van der Waals surface area contributed by atoms with Crippen LogP contribution in [0.3, 0.4) is 0 Å². The lowest BCUT2D eigenvalue weighted by Crippen LogP contribution is -2.52. The number of ether oxygens (including phenoxy) is 1. The van der Waals surface area contributed by atoms with Gasteiger partial charge in [0.1, 0.15) is 0 Å². The van der Waals surface area contributed by atoms with E-state index in [4.69, 9.17) is 16.3 Å². The first-order valence-electron chi connectivity index (χ1n) is 8.13. The highest BCUT2D eigenvalue weighted by Crippen LogP contribution is 2.25. The molecule has 126 valence electrons. The molecule has 23 heavy (non-hydrogen) atoms. The highest BCUT2D eigenvalue weighted by molar-refractivity contribution is 6.30. The monoisotopic (exact) mass is 336 g/mol.